The van der Waals surface area contributed by atoms with E-state index < -0.39 is 23.9 Å². The van der Waals surface area contributed by atoms with Crippen LogP contribution in [0.2, 0.25) is 0 Å². The zero-order chi connectivity index (χ0) is 10.3. The summed E-state index contributed by atoms with van der Waals surface area (Å²) in [7, 11) is 0. The van der Waals surface area contributed by atoms with Gasteiger partial charge < -0.3 is 15.5 Å². The Balaban J connectivity index is 2.12. The molecule has 0 aromatic rings. The normalized spacial score (nSPS) is 34.0. The van der Waals surface area contributed by atoms with Gasteiger partial charge in [-0.2, -0.15) is 0 Å². The molecule has 1 saturated carbocycles. The summed E-state index contributed by atoms with van der Waals surface area (Å²) in [6.45, 7) is 0.647. The van der Waals surface area contributed by atoms with Crippen molar-refractivity contribution in [3.05, 3.63) is 0 Å². The zero-order valence-electron chi connectivity index (χ0n) is 7.69. The maximum atomic E-state index is 10.9. The van der Waals surface area contributed by atoms with E-state index in [1.165, 1.54) is 0 Å². The summed E-state index contributed by atoms with van der Waals surface area (Å²) < 4.78 is 0. The summed E-state index contributed by atoms with van der Waals surface area (Å²) in [5, 5.41) is 20.6. The van der Waals surface area contributed by atoms with E-state index in [-0.39, 0.29) is 5.41 Å². The second-order valence-electron chi connectivity index (χ2n) is 4.35. The third kappa shape index (κ3) is 1.48. The summed E-state index contributed by atoms with van der Waals surface area (Å²) in [6.07, 6.45) is 2.55. The van der Waals surface area contributed by atoms with Crippen molar-refractivity contribution in [2.24, 2.45) is 11.3 Å². The van der Waals surface area contributed by atoms with Crippen LogP contribution < -0.4 is 5.32 Å². The number of piperidine rings is 1. The molecule has 1 saturated heterocycles. The second-order valence-corrected chi connectivity index (χ2v) is 4.35. The minimum Gasteiger partial charge on any atom is -0.481 e. The Bertz CT molecular complexity index is 285. The number of carboxylic acid groups (broad SMARTS) is 2. The van der Waals surface area contributed by atoms with Gasteiger partial charge in [0, 0.05) is 6.54 Å². The Hall–Kier alpha value is -1.10. The molecule has 1 aliphatic heterocycles. The number of carbonyl (C=O) groups is 2. The van der Waals surface area contributed by atoms with Gasteiger partial charge in [0.2, 0.25) is 0 Å². The fourth-order valence-corrected chi connectivity index (χ4v) is 2.17. The van der Waals surface area contributed by atoms with Crippen LogP contribution in [0.15, 0.2) is 0 Å². The van der Waals surface area contributed by atoms with Gasteiger partial charge in [0.25, 0.3) is 0 Å². The topological polar surface area (TPSA) is 86.6 Å². The molecular weight excluding hydrogens is 186 g/mol. The predicted octanol–water partition coefficient (Wildman–Crippen LogP) is -0.0861. The molecule has 0 radical (unpaired) electrons. The Labute approximate surface area is 81.1 Å². The zero-order valence-corrected chi connectivity index (χ0v) is 7.69. The molecule has 0 unspecified atom stereocenters. The summed E-state index contributed by atoms with van der Waals surface area (Å²) in [5.74, 6) is -2.84. The van der Waals surface area contributed by atoms with Crippen molar-refractivity contribution in [3.8, 4) is 0 Å². The second kappa shape index (κ2) is 2.95. The molecule has 0 bridgehead atoms. The molecule has 2 fully saturated rings. The molecule has 0 aromatic carbocycles. The van der Waals surface area contributed by atoms with Gasteiger partial charge in [-0.05, 0) is 24.7 Å². The molecule has 3 N–H and O–H groups in total. The lowest BCUT2D eigenvalue weighted by Crippen LogP contribution is -2.53. The minimum atomic E-state index is -1.06. The first-order valence-electron chi connectivity index (χ1n) is 4.73. The molecule has 1 heterocycles. The van der Waals surface area contributed by atoms with E-state index in [1.54, 1.807) is 0 Å². The molecule has 0 amide bonds. The highest BCUT2D eigenvalue weighted by atomic mass is 16.4. The average molecular weight is 199 g/mol. The molecule has 2 atom stereocenters. The summed E-state index contributed by atoms with van der Waals surface area (Å²) >= 11 is 0. The van der Waals surface area contributed by atoms with E-state index in [4.69, 9.17) is 10.2 Å². The van der Waals surface area contributed by atoms with E-state index in [1.807, 2.05) is 0 Å². The first kappa shape index (κ1) is 9.45. The van der Waals surface area contributed by atoms with E-state index in [0.29, 0.717) is 13.0 Å². The summed E-state index contributed by atoms with van der Waals surface area (Å²) in [6, 6.07) is -0.918. The van der Waals surface area contributed by atoms with E-state index in [0.717, 1.165) is 12.8 Å². The Morgan fingerprint density at radius 2 is 1.86 bits per heavy atom. The third-order valence-electron chi connectivity index (χ3n) is 3.29. The fraction of sp³-hybridized carbons (Fsp3) is 0.778. The van der Waals surface area contributed by atoms with Crippen LogP contribution in [0, 0.1) is 11.3 Å². The minimum absolute atomic E-state index is 0.0923. The fourth-order valence-electron chi connectivity index (χ4n) is 2.17. The number of hydrogen-bond acceptors (Lipinski definition) is 3. The molecule has 78 valence electrons. The lowest BCUT2D eigenvalue weighted by molar-refractivity contribution is -0.153. The van der Waals surface area contributed by atoms with Crippen LogP contribution in [0.4, 0.5) is 0 Å². The van der Waals surface area contributed by atoms with Crippen molar-refractivity contribution in [2.45, 2.75) is 25.3 Å². The van der Waals surface area contributed by atoms with Gasteiger partial charge in [0.1, 0.15) is 6.04 Å². The Morgan fingerprint density at radius 3 is 2.29 bits per heavy atom. The van der Waals surface area contributed by atoms with Crippen LogP contribution in [-0.4, -0.2) is 34.7 Å². The van der Waals surface area contributed by atoms with Crippen molar-refractivity contribution in [2.75, 3.05) is 6.54 Å². The summed E-state index contributed by atoms with van der Waals surface area (Å²) in [4.78, 5) is 21.7. The van der Waals surface area contributed by atoms with Gasteiger partial charge in [-0.1, -0.05) is 0 Å². The van der Waals surface area contributed by atoms with Crippen molar-refractivity contribution in [1.29, 1.82) is 0 Å². The highest BCUT2D eigenvalue weighted by molar-refractivity contribution is 5.83. The van der Waals surface area contributed by atoms with Crippen molar-refractivity contribution < 1.29 is 19.8 Å². The first-order chi connectivity index (χ1) is 6.54. The molecule has 0 aromatic heterocycles. The number of rotatable bonds is 2. The molecule has 5 heteroatoms. The van der Waals surface area contributed by atoms with E-state index in [9.17, 15) is 9.59 Å². The van der Waals surface area contributed by atoms with Gasteiger partial charge in [0.15, 0.2) is 0 Å². The molecule has 2 rings (SSSR count). The van der Waals surface area contributed by atoms with Crippen LogP contribution in [-0.2, 0) is 9.59 Å². The molecule has 14 heavy (non-hydrogen) atoms. The SMILES string of the molecule is O=C(O)[C@H]1CC2(CC2)CN[C@@H]1C(=O)O. The quantitative estimate of drug-likeness (QED) is 0.578. The largest absolute Gasteiger partial charge is 0.481 e. The highest BCUT2D eigenvalue weighted by Crippen LogP contribution is 2.52. The maximum absolute atomic E-state index is 10.9. The maximum Gasteiger partial charge on any atom is 0.321 e. The van der Waals surface area contributed by atoms with Crippen LogP contribution in [0.3, 0.4) is 0 Å². The first-order valence-corrected chi connectivity index (χ1v) is 4.73. The third-order valence-corrected chi connectivity index (χ3v) is 3.29. The number of nitrogens with one attached hydrogen (secondary N) is 1. The summed E-state index contributed by atoms with van der Waals surface area (Å²) in [5.41, 5.74) is 0.0923. The van der Waals surface area contributed by atoms with Gasteiger partial charge in [-0.3, -0.25) is 9.59 Å². The van der Waals surface area contributed by atoms with Crippen molar-refractivity contribution in [1.82, 2.24) is 5.32 Å². The molecular formula is C9H13NO4. The van der Waals surface area contributed by atoms with Crippen LogP contribution >= 0.6 is 0 Å². The molecule has 1 aliphatic carbocycles. The molecule has 1 spiro atoms. The van der Waals surface area contributed by atoms with Gasteiger partial charge in [0.05, 0.1) is 5.92 Å². The lowest BCUT2D eigenvalue weighted by atomic mass is 9.82. The standard InChI is InChI=1S/C9H13NO4/c11-7(12)5-3-9(1-2-9)4-10-6(5)8(13)14/h5-6,10H,1-4H2,(H,11,12)(H,13,14)/t5-,6-/m0/s1. The van der Waals surface area contributed by atoms with Crippen molar-refractivity contribution >= 4 is 11.9 Å². The number of aliphatic carboxylic acids is 2. The monoisotopic (exact) mass is 199 g/mol. The smallest absolute Gasteiger partial charge is 0.321 e. The Kier molecular flexibility index (Phi) is 1.99. The Morgan fingerprint density at radius 1 is 1.21 bits per heavy atom. The van der Waals surface area contributed by atoms with Crippen molar-refractivity contribution in [3.63, 3.8) is 0 Å². The molecule has 2 aliphatic rings. The van der Waals surface area contributed by atoms with Gasteiger partial charge in [-0.15, -0.1) is 0 Å². The average Bonchev–Trinajstić information content (AvgIpc) is 2.84. The van der Waals surface area contributed by atoms with Crippen LogP contribution in [0.25, 0.3) is 0 Å². The van der Waals surface area contributed by atoms with Crippen LogP contribution in [0.1, 0.15) is 19.3 Å². The predicted molar refractivity (Wildman–Crippen MR) is 46.8 cm³/mol. The molecule has 5 nitrogen and oxygen atoms in total. The van der Waals surface area contributed by atoms with E-state index in [2.05, 4.69) is 5.32 Å². The van der Waals surface area contributed by atoms with E-state index >= 15 is 0 Å². The van der Waals surface area contributed by atoms with Crippen LogP contribution in [0.5, 0.6) is 0 Å². The lowest BCUT2D eigenvalue weighted by Gasteiger charge is -2.32. The van der Waals surface area contributed by atoms with Gasteiger partial charge in [-0.25, -0.2) is 0 Å². The highest BCUT2D eigenvalue weighted by Gasteiger charge is 2.52. The van der Waals surface area contributed by atoms with Gasteiger partial charge >= 0.3 is 11.9 Å². The number of hydrogen-bond donors (Lipinski definition) is 3. The number of carboxylic acids is 2.